The molecule has 0 spiro atoms. The van der Waals surface area contributed by atoms with Crippen LogP contribution >= 0.6 is 0 Å². The van der Waals surface area contributed by atoms with Crippen molar-refractivity contribution in [3.63, 3.8) is 0 Å². The zero-order valence-corrected chi connectivity index (χ0v) is 7.23. The molecular formula is C9H10N2O2. The van der Waals surface area contributed by atoms with Crippen molar-refractivity contribution in [2.45, 2.75) is 0 Å². The molecule has 1 aromatic heterocycles. The van der Waals surface area contributed by atoms with E-state index in [1.807, 2.05) is 0 Å². The molecular weight excluding hydrogens is 168 g/mol. The minimum Gasteiger partial charge on any atom is -0.466 e. The molecule has 1 rings (SSSR count). The average Bonchev–Trinajstić information content (AvgIpc) is 2.16. The number of nitrogens with zero attached hydrogens (tertiary/aromatic N) is 1. The van der Waals surface area contributed by atoms with Gasteiger partial charge >= 0.3 is 5.97 Å². The Kier molecular flexibility index (Phi) is 3.03. The second-order valence-corrected chi connectivity index (χ2v) is 2.33. The zero-order valence-electron chi connectivity index (χ0n) is 7.23. The van der Waals surface area contributed by atoms with Gasteiger partial charge in [-0.2, -0.15) is 0 Å². The fourth-order valence-corrected chi connectivity index (χ4v) is 0.797. The highest BCUT2D eigenvalue weighted by Gasteiger charge is 1.95. The van der Waals surface area contributed by atoms with E-state index in [1.165, 1.54) is 13.2 Å². The van der Waals surface area contributed by atoms with Gasteiger partial charge in [0, 0.05) is 17.8 Å². The molecule has 0 fully saturated rings. The van der Waals surface area contributed by atoms with Crippen molar-refractivity contribution < 1.29 is 9.53 Å². The quantitative estimate of drug-likeness (QED) is 0.538. The number of anilines is 1. The van der Waals surface area contributed by atoms with Gasteiger partial charge in [0.15, 0.2) is 0 Å². The van der Waals surface area contributed by atoms with Crippen molar-refractivity contribution in [1.82, 2.24) is 4.98 Å². The largest absolute Gasteiger partial charge is 0.466 e. The number of methoxy groups -OCH3 is 1. The fourth-order valence-electron chi connectivity index (χ4n) is 0.797. The van der Waals surface area contributed by atoms with E-state index in [2.05, 4.69) is 9.72 Å². The van der Waals surface area contributed by atoms with Crippen LogP contribution in [0.15, 0.2) is 24.4 Å². The summed E-state index contributed by atoms with van der Waals surface area (Å²) in [5.74, 6) is -0.0223. The SMILES string of the molecule is COC(=O)C=Cc1cccnc1N. The molecule has 0 saturated heterocycles. The molecule has 0 saturated carbocycles. The summed E-state index contributed by atoms with van der Waals surface area (Å²) in [5.41, 5.74) is 6.24. The van der Waals surface area contributed by atoms with Gasteiger partial charge in [-0.05, 0) is 18.2 Å². The summed E-state index contributed by atoms with van der Waals surface area (Å²) in [5, 5.41) is 0. The summed E-state index contributed by atoms with van der Waals surface area (Å²) in [6.45, 7) is 0. The maximum atomic E-state index is 10.7. The number of ether oxygens (including phenoxy) is 1. The van der Waals surface area contributed by atoms with Crippen LogP contribution in [-0.4, -0.2) is 18.1 Å². The predicted octanol–water partition coefficient (Wildman–Crippen LogP) is 0.850. The van der Waals surface area contributed by atoms with E-state index >= 15 is 0 Å². The average molecular weight is 178 g/mol. The van der Waals surface area contributed by atoms with Crippen LogP contribution < -0.4 is 5.73 Å². The minimum atomic E-state index is -0.414. The molecule has 0 aromatic carbocycles. The van der Waals surface area contributed by atoms with Crippen molar-refractivity contribution in [2.75, 3.05) is 12.8 Å². The first kappa shape index (κ1) is 9.25. The number of esters is 1. The first-order valence-electron chi connectivity index (χ1n) is 3.70. The van der Waals surface area contributed by atoms with Crippen LogP contribution in [0.4, 0.5) is 5.82 Å². The minimum absolute atomic E-state index is 0.391. The summed E-state index contributed by atoms with van der Waals surface area (Å²) in [4.78, 5) is 14.6. The predicted molar refractivity (Wildman–Crippen MR) is 49.7 cm³/mol. The third kappa shape index (κ3) is 2.59. The lowest BCUT2D eigenvalue weighted by molar-refractivity contribution is -0.134. The molecule has 0 aliphatic carbocycles. The van der Waals surface area contributed by atoms with Gasteiger partial charge in [0.2, 0.25) is 0 Å². The molecule has 1 heterocycles. The van der Waals surface area contributed by atoms with Crippen molar-refractivity contribution in [3.05, 3.63) is 30.0 Å². The molecule has 0 atom stereocenters. The lowest BCUT2D eigenvalue weighted by atomic mass is 10.2. The van der Waals surface area contributed by atoms with Gasteiger partial charge in [0.25, 0.3) is 0 Å². The van der Waals surface area contributed by atoms with Crippen LogP contribution in [0.1, 0.15) is 5.56 Å². The van der Waals surface area contributed by atoms with E-state index in [4.69, 9.17) is 5.73 Å². The number of hydrogen-bond acceptors (Lipinski definition) is 4. The second kappa shape index (κ2) is 4.25. The van der Waals surface area contributed by atoms with Crippen LogP contribution in [0, 0.1) is 0 Å². The van der Waals surface area contributed by atoms with Crippen molar-refractivity contribution in [2.24, 2.45) is 0 Å². The summed E-state index contributed by atoms with van der Waals surface area (Å²) in [7, 11) is 1.32. The van der Waals surface area contributed by atoms with Crippen LogP contribution in [0.5, 0.6) is 0 Å². The highest BCUT2D eigenvalue weighted by Crippen LogP contribution is 2.08. The molecule has 0 unspecified atom stereocenters. The number of rotatable bonds is 2. The number of nitrogens with two attached hydrogens (primary N) is 1. The fraction of sp³-hybridized carbons (Fsp3) is 0.111. The maximum Gasteiger partial charge on any atom is 0.330 e. The lowest BCUT2D eigenvalue weighted by Gasteiger charge is -1.96. The molecule has 0 radical (unpaired) electrons. The number of pyridine rings is 1. The topological polar surface area (TPSA) is 65.2 Å². The number of carbonyl (C=O) groups excluding carboxylic acids is 1. The molecule has 4 nitrogen and oxygen atoms in total. The monoisotopic (exact) mass is 178 g/mol. The highest BCUT2D eigenvalue weighted by molar-refractivity contribution is 5.87. The normalized spacial score (nSPS) is 10.2. The Morgan fingerprint density at radius 1 is 1.69 bits per heavy atom. The number of nitrogen functional groups attached to an aromatic ring is 1. The molecule has 13 heavy (non-hydrogen) atoms. The van der Waals surface area contributed by atoms with Gasteiger partial charge in [0.05, 0.1) is 7.11 Å². The van der Waals surface area contributed by atoms with Crippen molar-refractivity contribution in [3.8, 4) is 0 Å². The molecule has 0 amide bonds. The molecule has 0 aliphatic heterocycles. The molecule has 1 aromatic rings. The Labute approximate surface area is 76.0 Å². The van der Waals surface area contributed by atoms with E-state index in [0.717, 1.165) is 0 Å². The number of carbonyl (C=O) groups is 1. The Balaban J connectivity index is 2.80. The first-order valence-corrected chi connectivity index (χ1v) is 3.70. The van der Waals surface area contributed by atoms with E-state index < -0.39 is 5.97 Å². The number of aromatic nitrogens is 1. The molecule has 4 heteroatoms. The maximum absolute atomic E-state index is 10.7. The molecule has 2 N–H and O–H groups in total. The summed E-state index contributed by atoms with van der Waals surface area (Å²) >= 11 is 0. The van der Waals surface area contributed by atoms with Crippen LogP contribution in [0.2, 0.25) is 0 Å². The Bertz CT molecular complexity index is 334. The van der Waals surface area contributed by atoms with E-state index in [1.54, 1.807) is 24.4 Å². The molecule has 68 valence electrons. The van der Waals surface area contributed by atoms with Crippen LogP contribution in [0.3, 0.4) is 0 Å². The molecule has 0 aliphatic rings. The number of hydrogen-bond donors (Lipinski definition) is 1. The lowest BCUT2D eigenvalue weighted by Crippen LogP contribution is -1.95. The third-order valence-electron chi connectivity index (χ3n) is 1.47. The highest BCUT2D eigenvalue weighted by atomic mass is 16.5. The van der Waals surface area contributed by atoms with Crippen LogP contribution in [-0.2, 0) is 9.53 Å². The Hall–Kier alpha value is -1.84. The Morgan fingerprint density at radius 3 is 3.08 bits per heavy atom. The van der Waals surface area contributed by atoms with Gasteiger partial charge in [-0.25, -0.2) is 9.78 Å². The van der Waals surface area contributed by atoms with Gasteiger partial charge in [-0.15, -0.1) is 0 Å². The van der Waals surface area contributed by atoms with Crippen molar-refractivity contribution in [1.29, 1.82) is 0 Å². The van der Waals surface area contributed by atoms with Crippen molar-refractivity contribution >= 4 is 17.9 Å². The summed E-state index contributed by atoms with van der Waals surface area (Å²) in [6.07, 6.45) is 4.45. The van der Waals surface area contributed by atoms with E-state index in [-0.39, 0.29) is 0 Å². The third-order valence-corrected chi connectivity index (χ3v) is 1.47. The van der Waals surface area contributed by atoms with Gasteiger partial charge < -0.3 is 10.5 Å². The van der Waals surface area contributed by atoms with Gasteiger partial charge in [-0.1, -0.05) is 0 Å². The smallest absolute Gasteiger partial charge is 0.330 e. The summed E-state index contributed by atoms with van der Waals surface area (Å²) in [6, 6.07) is 3.51. The second-order valence-electron chi connectivity index (χ2n) is 2.33. The van der Waals surface area contributed by atoms with E-state index in [9.17, 15) is 4.79 Å². The van der Waals surface area contributed by atoms with Crippen LogP contribution in [0.25, 0.3) is 6.08 Å². The molecule has 0 bridgehead atoms. The summed E-state index contributed by atoms with van der Waals surface area (Å²) < 4.78 is 4.42. The van der Waals surface area contributed by atoms with Gasteiger partial charge in [0.1, 0.15) is 5.82 Å². The zero-order chi connectivity index (χ0) is 9.68. The Morgan fingerprint density at radius 2 is 2.46 bits per heavy atom. The first-order chi connectivity index (χ1) is 6.24. The van der Waals surface area contributed by atoms with Gasteiger partial charge in [-0.3, -0.25) is 0 Å². The van der Waals surface area contributed by atoms with E-state index in [0.29, 0.717) is 11.4 Å². The standard InChI is InChI=1S/C9H10N2O2/c1-13-8(12)5-4-7-3-2-6-11-9(7)10/h2-6H,1H3,(H2,10,11).